The lowest BCUT2D eigenvalue weighted by molar-refractivity contribution is 0.114. The van der Waals surface area contributed by atoms with Gasteiger partial charge in [-0.15, -0.1) is 0 Å². The van der Waals surface area contributed by atoms with Gasteiger partial charge in [0, 0.05) is 5.54 Å². The number of rotatable bonds is 2. The lowest BCUT2D eigenvalue weighted by Gasteiger charge is -2.45. The molecule has 2 atom stereocenters. The van der Waals surface area contributed by atoms with E-state index in [1.807, 2.05) is 0 Å². The fourth-order valence-electron chi connectivity index (χ4n) is 4.40. The van der Waals surface area contributed by atoms with Crippen LogP contribution in [-0.2, 0) is 0 Å². The predicted octanol–water partition coefficient (Wildman–Crippen LogP) is 3.86. The first-order chi connectivity index (χ1) is 7.78. The average molecular weight is 221 g/mol. The molecule has 0 spiro atoms. The van der Waals surface area contributed by atoms with Gasteiger partial charge in [0.25, 0.3) is 0 Å². The molecular formula is C15H27N. The predicted molar refractivity (Wildman–Crippen MR) is 68.2 cm³/mol. The normalized spacial score (nSPS) is 42.2. The SMILES string of the molecule is NC1(C2CCCCC2)CCCC(C2CC2)C1. The van der Waals surface area contributed by atoms with Crippen molar-refractivity contribution >= 4 is 0 Å². The van der Waals surface area contributed by atoms with E-state index in [0.29, 0.717) is 0 Å². The number of hydrogen-bond donors (Lipinski definition) is 1. The van der Waals surface area contributed by atoms with Gasteiger partial charge in [-0.05, 0) is 56.3 Å². The molecule has 0 saturated heterocycles. The van der Waals surface area contributed by atoms with Gasteiger partial charge in [0.1, 0.15) is 0 Å². The molecule has 3 aliphatic rings. The molecule has 0 aromatic carbocycles. The maximum absolute atomic E-state index is 6.79. The fraction of sp³-hybridized carbons (Fsp3) is 1.00. The van der Waals surface area contributed by atoms with E-state index in [2.05, 4.69) is 0 Å². The minimum Gasteiger partial charge on any atom is -0.325 e. The van der Waals surface area contributed by atoms with Gasteiger partial charge < -0.3 is 5.73 Å². The Morgan fingerprint density at radius 2 is 1.50 bits per heavy atom. The van der Waals surface area contributed by atoms with Crippen molar-refractivity contribution in [3.8, 4) is 0 Å². The molecule has 0 amide bonds. The van der Waals surface area contributed by atoms with Crippen LogP contribution in [0.3, 0.4) is 0 Å². The zero-order valence-corrected chi connectivity index (χ0v) is 10.6. The minimum absolute atomic E-state index is 0.242. The van der Waals surface area contributed by atoms with Crippen molar-refractivity contribution in [2.24, 2.45) is 23.5 Å². The molecular weight excluding hydrogens is 194 g/mol. The van der Waals surface area contributed by atoms with Crippen molar-refractivity contribution < 1.29 is 0 Å². The molecule has 92 valence electrons. The Kier molecular flexibility index (Phi) is 2.99. The highest BCUT2D eigenvalue weighted by molar-refractivity contribution is 4.99. The Morgan fingerprint density at radius 3 is 2.19 bits per heavy atom. The lowest BCUT2D eigenvalue weighted by atomic mass is 9.64. The van der Waals surface area contributed by atoms with Crippen molar-refractivity contribution in [2.75, 3.05) is 0 Å². The van der Waals surface area contributed by atoms with Gasteiger partial charge in [-0.2, -0.15) is 0 Å². The molecule has 3 fully saturated rings. The molecule has 3 aliphatic carbocycles. The van der Waals surface area contributed by atoms with Gasteiger partial charge >= 0.3 is 0 Å². The van der Waals surface area contributed by atoms with Crippen LogP contribution in [0.2, 0.25) is 0 Å². The summed E-state index contributed by atoms with van der Waals surface area (Å²) in [5.74, 6) is 2.94. The molecule has 3 rings (SSSR count). The Bertz CT molecular complexity index is 240. The quantitative estimate of drug-likeness (QED) is 0.752. The van der Waals surface area contributed by atoms with Crippen LogP contribution in [0.1, 0.15) is 70.6 Å². The Labute approximate surface area is 100 Å². The third-order valence-electron chi connectivity index (χ3n) is 5.57. The first-order valence-corrected chi connectivity index (χ1v) is 7.57. The molecule has 1 nitrogen and oxygen atoms in total. The van der Waals surface area contributed by atoms with Crippen LogP contribution in [0.4, 0.5) is 0 Å². The van der Waals surface area contributed by atoms with Crippen LogP contribution >= 0.6 is 0 Å². The highest BCUT2D eigenvalue weighted by Crippen LogP contribution is 2.49. The largest absolute Gasteiger partial charge is 0.325 e. The van der Waals surface area contributed by atoms with Crippen LogP contribution in [0.5, 0.6) is 0 Å². The van der Waals surface area contributed by atoms with Gasteiger partial charge in [-0.3, -0.25) is 0 Å². The topological polar surface area (TPSA) is 26.0 Å². The third kappa shape index (κ3) is 2.16. The molecule has 0 aliphatic heterocycles. The Morgan fingerprint density at radius 1 is 0.750 bits per heavy atom. The van der Waals surface area contributed by atoms with Crippen LogP contribution < -0.4 is 5.73 Å². The maximum Gasteiger partial charge on any atom is 0.0185 e. The van der Waals surface area contributed by atoms with Crippen LogP contribution in [0.25, 0.3) is 0 Å². The summed E-state index contributed by atoms with van der Waals surface area (Å²) in [7, 11) is 0. The van der Waals surface area contributed by atoms with E-state index >= 15 is 0 Å². The molecule has 0 heterocycles. The van der Waals surface area contributed by atoms with Gasteiger partial charge in [0.2, 0.25) is 0 Å². The second-order valence-corrected chi connectivity index (χ2v) is 6.76. The molecule has 0 radical (unpaired) electrons. The maximum atomic E-state index is 6.79. The molecule has 0 aromatic rings. The smallest absolute Gasteiger partial charge is 0.0185 e. The van der Waals surface area contributed by atoms with Gasteiger partial charge in [0.05, 0.1) is 0 Å². The monoisotopic (exact) mass is 221 g/mol. The highest BCUT2D eigenvalue weighted by Gasteiger charge is 2.43. The summed E-state index contributed by atoms with van der Waals surface area (Å²) in [5, 5.41) is 0. The number of hydrogen-bond acceptors (Lipinski definition) is 1. The Hall–Kier alpha value is -0.0400. The second-order valence-electron chi connectivity index (χ2n) is 6.76. The summed E-state index contributed by atoms with van der Waals surface area (Å²) in [6.45, 7) is 0. The summed E-state index contributed by atoms with van der Waals surface area (Å²) >= 11 is 0. The van der Waals surface area contributed by atoms with E-state index < -0.39 is 0 Å². The van der Waals surface area contributed by atoms with Gasteiger partial charge in [0.15, 0.2) is 0 Å². The summed E-state index contributed by atoms with van der Waals surface area (Å²) < 4.78 is 0. The van der Waals surface area contributed by atoms with Gasteiger partial charge in [-0.1, -0.05) is 32.1 Å². The third-order valence-corrected chi connectivity index (χ3v) is 5.57. The molecule has 2 unspecified atom stereocenters. The van der Waals surface area contributed by atoms with Crippen molar-refractivity contribution in [3.63, 3.8) is 0 Å². The first-order valence-electron chi connectivity index (χ1n) is 7.57. The van der Waals surface area contributed by atoms with E-state index in [4.69, 9.17) is 5.73 Å². The van der Waals surface area contributed by atoms with Gasteiger partial charge in [-0.25, -0.2) is 0 Å². The molecule has 1 heteroatoms. The van der Waals surface area contributed by atoms with Crippen molar-refractivity contribution in [3.05, 3.63) is 0 Å². The average Bonchev–Trinajstić information content (AvgIpc) is 3.14. The van der Waals surface area contributed by atoms with Crippen molar-refractivity contribution in [1.82, 2.24) is 0 Å². The summed E-state index contributed by atoms with van der Waals surface area (Å²) in [6, 6.07) is 0. The minimum atomic E-state index is 0.242. The Balaban J connectivity index is 1.65. The van der Waals surface area contributed by atoms with Crippen LogP contribution in [-0.4, -0.2) is 5.54 Å². The zero-order chi connectivity index (χ0) is 11.0. The van der Waals surface area contributed by atoms with E-state index in [1.54, 1.807) is 0 Å². The summed E-state index contributed by atoms with van der Waals surface area (Å²) in [4.78, 5) is 0. The van der Waals surface area contributed by atoms with Crippen LogP contribution in [0.15, 0.2) is 0 Å². The fourth-order valence-corrected chi connectivity index (χ4v) is 4.40. The lowest BCUT2D eigenvalue weighted by Crippen LogP contribution is -2.51. The number of nitrogens with two attached hydrogens (primary N) is 1. The van der Waals surface area contributed by atoms with Crippen molar-refractivity contribution in [2.45, 2.75) is 76.2 Å². The molecule has 3 saturated carbocycles. The standard InChI is InChI=1S/C15H27N/c16-15(14-6-2-1-3-7-14)10-4-5-13(11-15)12-8-9-12/h12-14H,1-11,16H2. The summed E-state index contributed by atoms with van der Waals surface area (Å²) in [5.41, 5.74) is 7.03. The molecule has 16 heavy (non-hydrogen) atoms. The second kappa shape index (κ2) is 4.33. The molecule has 2 N–H and O–H groups in total. The first kappa shape index (κ1) is 11.1. The van der Waals surface area contributed by atoms with Crippen LogP contribution in [0, 0.1) is 17.8 Å². The zero-order valence-electron chi connectivity index (χ0n) is 10.6. The van der Waals surface area contributed by atoms with Crippen molar-refractivity contribution in [1.29, 1.82) is 0 Å². The van der Waals surface area contributed by atoms with E-state index in [9.17, 15) is 0 Å². The molecule has 0 aromatic heterocycles. The molecule has 0 bridgehead atoms. The van der Waals surface area contributed by atoms with E-state index in [-0.39, 0.29) is 5.54 Å². The van der Waals surface area contributed by atoms with E-state index in [0.717, 1.165) is 17.8 Å². The summed E-state index contributed by atoms with van der Waals surface area (Å²) in [6.07, 6.45) is 15.8. The highest BCUT2D eigenvalue weighted by atomic mass is 14.8. The van der Waals surface area contributed by atoms with E-state index in [1.165, 1.54) is 70.6 Å².